The normalized spacial score (nSPS) is 17.4. The summed E-state index contributed by atoms with van der Waals surface area (Å²) in [6, 6.07) is 10.6. The number of thiophene rings is 1. The highest BCUT2D eigenvalue weighted by atomic mass is 32.1. The molecule has 1 atom stereocenters. The molecule has 19 heavy (non-hydrogen) atoms. The second-order valence-electron chi connectivity index (χ2n) is 4.37. The number of carbonyl (C=O) groups is 1. The first-order valence-corrected chi connectivity index (χ1v) is 6.72. The fourth-order valence-corrected chi connectivity index (χ4v) is 2.94. The van der Waals surface area contributed by atoms with Crippen LogP contribution in [0.3, 0.4) is 0 Å². The molecule has 1 aromatic carbocycles. The van der Waals surface area contributed by atoms with Gasteiger partial charge in [-0.2, -0.15) is 5.26 Å². The lowest BCUT2D eigenvalue weighted by molar-refractivity contribution is -0.119. The molecule has 0 radical (unpaired) electrons. The smallest absolute Gasteiger partial charge is 0.248 e. The third-order valence-electron chi connectivity index (χ3n) is 3.21. The highest BCUT2D eigenvalue weighted by Gasteiger charge is 2.34. The maximum absolute atomic E-state index is 12.2. The molecule has 94 valence electrons. The Morgan fingerprint density at radius 3 is 2.95 bits per heavy atom. The summed E-state index contributed by atoms with van der Waals surface area (Å²) < 4.78 is 0. The van der Waals surface area contributed by atoms with E-state index >= 15 is 0 Å². The van der Waals surface area contributed by atoms with Crippen molar-refractivity contribution in [3.8, 4) is 6.07 Å². The summed E-state index contributed by atoms with van der Waals surface area (Å²) in [5.74, 6) is -0.113. The molecule has 0 unspecified atom stereocenters. The maximum atomic E-state index is 12.2. The second kappa shape index (κ2) is 4.50. The van der Waals surface area contributed by atoms with Crippen LogP contribution in [0.25, 0.3) is 0 Å². The number of nitrogens with two attached hydrogens (primary N) is 1. The number of nitrogens with zero attached hydrogens (tertiary/aromatic N) is 2. The van der Waals surface area contributed by atoms with Crippen molar-refractivity contribution in [1.29, 1.82) is 5.26 Å². The lowest BCUT2D eigenvalue weighted by Gasteiger charge is -2.16. The van der Waals surface area contributed by atoms with Crippen LogP contribution < -0.4 is 10.6 Å². The largest absolute Gasteiger partial charge is 0.316 e. The Morgan fingerprint density at radius 2 is 2.26 bits per heavy atom. The highest BCUT2D eigenvalue weighted by Crippen LogP contribution is 2.36. The number of carbonyl (C=O) groups excluding carboxylic acids is 1. The minimum atomic E-state index is -0.622. The molecular weight excluding hydrogens is 258 g/mol. The van der Waals surface area contributed by atoms with E-state index in [1.165, 1.54) is 0 Å². The van der Waals surface area contributed by atoms with Crippen LogP contribution in [0.4, 0.5) is 5.69 Å². The van der Waals surface area contributed by atoms with Gasteiger partial charge in [0.1, 0.15) is 6.04 Å². The van der Waals surface area contributed by atoms with Gasteiger partial charge in [-0.1, -0.05) is 12.1 Å². The molecule has 0 fully saturated rings. The molecule has 0 spiro atoms. The average molecular weight is 269 g/mol. The maximum Gasteiger partial charge on any atom is 0.248 e. The van der Waals surface area contributed by atoms with Crippen LogP contribution in [0, 0.1) is 11.3 Å². The van der Waals surface area contributed by atoms with Crippen LogP contribution in [0.2, 0.25) is 0 Å². The van der Waals surface area contributed by atoms with Crippen molar-refractivity contribution in [3.05, 3.63) is 51.7 Å². The molecule has 3 rings (SSSR count). The summed E-state index contributed by atoms with van der Waals surface area (Å²) in [5.41, 5.74) is 8.02. The van der Waals surface area contributed by atoms with Gasteiger partial charge < -0.3 is 10.6 Å². The van der Waals surface area contributed by atoms with Crippen LogP contribution in [-0.2, 0) is 11.3 Å². The van der Waals surface area contributed by atoms with E-state index in [4.69, 9.17) is 11.0 Å². The second-order valence-corrected chi connectivity index (χ2v) is 5.40. The van der Waals surface area contributed by atoms with Crippen molar-refractivity contribution in [2.45, 2.75) is 12.6 Å². The standard InChI is InChI=1S/C14H11N3OS/c15-7-9-3-4-11-12(6-9)17(14(18)13(11)16)8-10-2-1-5-19-10/h1-6,13H,8,16H2/t13-/m1/s1. The van der Waals surface area contributed by atoms with Gasteiger partial charge in [0.15, 0.2) is 0 Å². The minimum absolute atomic E-state index is 0.113. The number of hydrogen-bond acceptors (Lipinski definition) is 4. The quantitative estimate of drug-likeness (QED) is 0.908. The Labute approximate surface area is 114 Å². The van der Waals surface area contributed by atoms with Gasteiger partial charge in [0.25, 0.3) is 0 Å². The molecule has 0 bridgehead atoms. The number of rotatable bonds is 2. The number of hydrogen-bond donors (Lipinski definition) is 1. The van der Waals surface area contributed by atoms with Crippen molar-refractivity contribution >= 4 is 22.9 Å². The Balaban J connectivity index is 2.03. The molecule has 1 aliphatic heterocycles. The lowest BCUT2D eigenvalue weighted by Crippen LogP contribution is -2.30. The molecular formula is C14H11N3OS. The molecule has 0 saturated heterocycles. The van der Waals surface area contributed by atoms with Crippen LogP contribution in [0.15, 0.2) is 35.7 Å². The van der Waals surface area contributed by atoms with E-state index in [0.29, 0.717) is 12.1 Å². The first-order chi connectivity index (χ1) is 9.20. The zero-order valence-corrected chi connectivity index (χ0v) is 10.9. The highest BCUT2D eigenvalue weighted by molar-refractivity contribution is 7.09. The predicted octanol–water partition coefficient (Wildman–Crippen LogP) is 2.17. The summed E-state index contributed by atoms with van der Waals surface area (Å²) in [6.07, 6.45) is 0. The summed E-state index contributed by atoms with van der Waals surface area (Å²) in [5, 5.41) is 10.9. The van der Waals surface area contributed by atoms with Gasteiger partial charge in [-0.05, 0) is 23.6 Å². The molecule has 1 amide bonds. The SMILES string of the molecule is N#Cc1ccc2c(c1)N(Cc1cccs1)C(=O)[C@@H]2N. The van der Waals surface area contributed by atoms with Crippen molar-refractivity contribution in [3.63, 3.8) is 0 Å². The monoisotopic (exact) mass is 269 g/mol. The summed E-state index contributed by atoms with van der Waals surface area (Å²) in [4.78, 5) is 15.0. The number of anilines is 1. The lowest BCUT2D eigenvalue weighted by atomic mass is 10.1. The van der Waals surface area contributed by atoms with Crippen LogP contribution in [0.1, 0.15) is 22.0 Å². The number of nitriles is 1. The van der Waals surface area contributed by atoms with Gasteiger partial charge in [-0.25, -0.2) is 0 Å². The van der Waals surface area contributed by atoms with Crippen LogP contribution >= 0.6 is 11.3 Å². The minimum Gasteiger partial charge on any atom is -0.316 e. The number of fused-ring (bicyclic) bond motifs is 1. The van der Waals surface area contributed by atoms with E-state index in [2.05, 4.69) is 6.07 Å². The molecule has 0 saturated carbocycles. The molecule has 5 heteroatoms. The molecule has 0 aliphatic carbocycles. The fourth-order valence-electron chi connectivity index (χ4n) is 2.25. The molecule has 4 nitrogen and oxygen atoms in total. The summed E-state index contributed by atoms with van der Waals surface area (Å²) in [7, 11) is 0. The molecule has 1 aromatic heterocycles. The van der Waals surface area contributed by atoms with Gasteiger partial charge in [0.2, 0.25) is 5.91 Å². The van der Waals surface area contributed by atoms with Crippen LogP contribution in [0.5, 0.6) is 0 Å². The van der Waals surface area contributed by atoms with E-state index in [1.807, 2.05) is 17.5 Å². The molecule has 1 aliphatic rings. The molecule has 2 N–H and O–H groups in total. The molecule has 2 aromatic rings. The van der Waals surface area contributed by atoms with E-state index in [1.54, 1.807) is 34.4 Å². The van der Waals surface area contributed by atoms with Gasteiger partial charge in [0.05, 0.1) is 23.9 Å². The van der Waals surface area contributed by atoms with Crippen LogP contribution in [-0.4, -0.2) is 5.91 Å². The number of benzene rings is 1. The van der Waals surface area contributed by atoms with Crippen molar-refractivity contribution < 1.29 is 4.79 Å². The third kappa shape index (κ3) is 1.91. The molecule has 2 heterocycles. The summed E-state index contributed by atoms with van der Waals surface area (Å²) in [6.45, 7) is 0.506. The van der Waals surface area contributed by atoms with Gasteiger partial charge in [-0.3, -0.25) is 4.79 Å². The summed E-state index contributed by atoms with van der Waals surface area (Å²) >= 11 is 1.60. The Kier molecular flexibility index (Phi) is 2.82. The first-order valence-electron chi connectivity index (χ1n) is 5.84. The van der Waals surface area contributed by atoms with Crippen molar-refractivity contribution in [2.75, 3.05) is 4.90 Å². The topological polar surface area (TPSA) is 70.1 Å². The van der Waals surface area contributed by atoms with E-state index in [-0.39, 0.29) is 5.91 Å². The van der Waals surface area contributed by atoms with Gasteiger partial charge in [-0.15, -0.1) is 11.3 Å². The van der Waals surface area contributed by atoms with E-state index < -0.39 is 6.04 Å². The van der Waals surface area contributed by atoms with Crippen molar-refractivity contribution in [1.82, 2.24) is 0 Å². The predicted molar refractivity (Wildman–Crippen MR) is 73.6 cm³/mol. The van der Waals surface area contributed by atoms with E-state index in [0.717, 1.165) is 16.1 Å². The van der Waals surface area contributed by atoms with Gasteiger partial charge in [0, 0.05) is 10.4 Å². The van der Waals surface area contributed by atoms with E-state index in [9.17, 15) is 4.79 Å². The average Bonchev–Trinajstić information content (AvgIpc) is 3.02. The van der Waals surface area contributed by atoms with Crippen molar-refractivity contribution in [2.24, 2.45) is 5.73 Å². The first kappa shape index (κ1) is 11.9. The third-order valence-corrected chi connectivity index (χ3v) is 4.07. The zero-order chi connectivity index (χ0) is 13.4. The Bertz CT molecular complexity index is 672. The fraction of sp³-hybridized carbons (Fsp3) is 0.143. The zero-order valence-electron chi connectivity index (χ0n) is 10.0. The van der Waals surface area contributed by atoms with Gasteiger partial charge >= 0.3 is 0 Å². The Hall–Kier alpha value is -2.16. The number of amides is 1. The Morgan fingerprint density at radius 1 is 1.42 bits per heavy atom.